The lowest BCUT2D eigenvalue weighted by Gasteiger charge is -2.34. The normalized spacial score (nSPS) is 19.4. The molecule has 8 rings (SSSR count). The molecule has 3 fully saturated rings. The van der Waals surface area contributed by atoms with Gasteiger partial charge in [-0.3, -0.25) is 14.5 Å². The molecule has 314 valence electrons. The first kappa shape index (κ1) is 41.0. The van der Waals surface area contributed by atoms with E-state index in [1.807, 2.05) is 40.4 Å². The molecule has 13 nitrogen and oxygen atoms in total. The lowest BCUT2D eigenvalue weighted by molar-refractivity contribution is -0.138. The van der Waals surface area contributed by atoms with E-state index in [2.05, 4.69) is 94.7 Å². The Kier molecular flexibility index (Phi) is 12.7. The zero-order valence-corrected chi connectivity index (χ0v) is 34.8. The average molecular weight is 813 g/mol. The van der Waals surface area contributed by atoms with Crippen LogP contribution >= 0.6 is 0 Å². The van der Waals surface area contributed by atoms with Crippen LogP contribution in [0.15, 0.2) is 91.3 Å². The van der Waals surface area contributed by atoms with Crippen LogP contribution in [-0.2, 0) is 19.1 Å². The fourth-order valence-corrected chi connectivity index (χ4v) is 9.30. The zero-order chi connectivity index (χ0) is 41.6. The van der Waals surface area contributed by atoms with Gasteiger partial charge in [0.15, 0.2) is 0 Å². The first-order valence-corrected chi connectivity index (χ1v) is 21.5. The van der Waals surface area contributed by atoms with Crippen molar-refractivity contribution in [3.8, 4) is 33.6 Å². The molecular formula is C47H56N8O5. The predicted octanol–water partition coefficient (Wildman–Crippen LogP) is 7.70. The van der Waals surface area contributed by atoms with Gasteiger partial charge in [-0.25, -0.2) is 14.8 Å². The number of aromatic nitrogens is 4. The SMILES string of the molecule is CCN(CC)[C@@H](C(=O)N1CCC[C@H]1c1ncc(-c2ccc(-c3ccc(-c4cnc([C@@H]5CCCN5C(=O)[C@@H](NC(=O)OC)C5CCOCC5)[nH]4)cc3)cc2)[nH]1)c1ccccc1. The van der Waals surface area contributed by atoms with Gasteiger partial charge >= 0.3 is 6.09 Å². The van der Waals surface area contributed by atoms with Crippen molar-refractivity contribution in [2.75, 3.05) is 46.5 Å². The second-order valence-electron chi connectivity index (χ2n) is 16.0. The van der Waals surface area contributed by atoms with Crippen molar-refractivity contribution in [3.63, 3.8) is 0 Å². The number of amides is 3. The van der Waals surface area contributed by atoms with Crippen LogP contribution in [0.4, 0.5) is 4.79 Å². The van der Waals surface area contributed by atoms with Gasteiger partial charge < -0.3 is 34.6 Å². The van der Waals surface area contributed by atoms with Crippen molar-refractivity contribution in [2.45, 2.75) is 76.5 Å². The molecule has 0 saturated carbocycles. The van der Waals surface area contributed by atoms with E-state index in [4.69, 9.17) is 19.4 Å². The van der Waals surface area contributed by atoms with E-state index in [1.165, 1.54) is 7.11 Å². The largest absolute Gasteiger partial charge is 0.453 e. The number of likely N-dealkylation sites (tertiary alicyclic amines) is 2. The quantitative estimate of drug-likeness (QED) is 0.110. The third kappa shape index (κ3) is 8.60. The number of carbonyl (C=O) groups excluding carboxylic acids is 3. The van der Waals surface area contributed by atoms with Crippen LogP contribution in [0.3, 0.4) is 0 Å². The summed E-state index contributed by atoms with van der Waals surface area (Å²) in [6.07, 6.45) is 7.96. The molecule has 0 spiro atoms. The van der Waals surface area contributed by atoms with Crippen LogP contribution in [0.5, 0.6) is 0 Å². The van der Waals surface area contributed by atoms with E-state index in [0.717, 1.165) is 89.6 Å². The Hall–Kier alpha value is -5.79. The highest BCUT2D eigenvalue weighted by molar-refractivity contribution is 5.87. The summed E-state index contributed by atoms with van der Waals surface area (Å²) in [7, 11) is 1.31. The number of aromatic amines is 2. The number of alkyl carbamates (subject to hydrolysis) is 1. The number of ether oxygens (including phenoxy) is 2. The molecule has 3 aliphatic heterocycles. The van der Waals surface area contributed by atoms with Gasteiger partial charge in [-0.2, -0.15) is 0 Å². The maximum Gasteiger partial charge on any atom is 0.407 e. The van der Waals surface area contributed by atoms with Crippen LogP contribution in [-0.4, -0.2) is 105 Å². The highest BCUT2D eigenvalue weighted by Gasteiger charge is 2.41. The first-order valence-electron chi connectivity index (χ1n) is 21.5. The number of likely N-dealkylation sites (N-methyl/N-ethyl adjacent to an activating group) is 1. The van der Waals surface area contributed by atoms with Crippen LogP contribution in [0.2, 0.25) is 0 Å². The van der Waals surface area contributed by atoms with Gasteiger partial charge in [0, 0.05) is 26.3 Å². The number of nitrogens with one attached hydrogen (secondary N) is 3. The molecule has 13 heteroatoms. The van der Waals surface area contributed by atoms with E-state index in [0.29, 0.717) is 39.1 Å². The molecule has 2 aromatic heterocycles. The summed E-state index contributed by atoms with van der Waals surface area (Å²) < 4.78 is 10.4. The average Bonchev–Trinajstić information content (AvgIpc) is 4.15. The standard InChI is InChI=1S/C47H56N8O5/c1-4-53(5-2)42(36-11-7-6-8-12-36)46(57)55-26-10-14-40(55)44-49-30-38(51-44)34-21-17-32(18-22-34)31-15-19-33(20-16-31)37-29-48-43(50-37)39-13-9-25-54(39)45(56)41(52-47(58)59-3)35-23-27-60-28-24-35/h6-8,11-12,15-22,29-30,35,39-42H,4-5,9-10,13-14,23-28H2,1-3H3,(H,48,50)(H,49,51)(H,52,58)/t39-,40-,41-,42+/m0/s1. The van der Waals surface area contributed by atoms with Crippen molar-refractivity contribution >= 4 is 17.9 Å². The third-order valence-corrected chi connectivity index (χ3v) is 12.6. The molecule has 3 aliphatic rings. The highest BCUT2D eigenvalue weighted by Crippen LogP contribution is 2.37. The van der Waals surface area contributed by atoms with Gasteiger partial charge in [-0.1, -0.05) is 92.7 Å². The Morgan fingerprint density at radius 3 is 1.73 bits per heavy atom. The van der Waals surface area contributed by atoms with E-state index in [1.54, 1.807) is 0 Å². The molecule has 3 aromatic carbocycles. The minimum atomic E-state index is -0.675. The fraction of sp³-hybridized carbons (Fsp3) is 0.426. The van der Waals surface area contributed by atoms with Gasteiger partial charge in [0.1, 0.15) is 23.7 Å². The number of rotatable bonds is 13. The lowest BCUT2D eigenvalue weighted by Crippen LogP contribution is -2.53. The summed E-state index contributed by atoms with van der Waals surface area (Å²) in [6.45, 7) is 8.26. The van der Waals surface area contributed by atoms with E-state index >= 15 is 0 Å². The van der Waals surface area contributed by atoms with Crippen LogP contribution < -0.4 is 5.32 Å². The summed E-state index contributed by atoms with van der Waals surface area (Å²) in [5.74, 6) is 1.57. The van der Waals surface area contributed by atoms with E-state index in [-0.39, 0.29) is 35.9 Å². The van der Waals surface area contributed by atoms with Gasteiger partial charge in [0.2, 0.25) is 11.8 Å². The zero-order valence-electron chi connectivity index (χ0n) is 34.8. The van der Waals surface area contributed by atoms with Gasteiger partial charge in [0.25, 0.3) is 0 Å². The Morgan fingerprint density at radius 2 is 1.23 bits per heavy atom. The Labute approximate surface area is 351 Å². The fourth-order valence-electron chi connectivity index (χ4n) is 9.30. The lowest BCUT2D eigenvalue weighted by atomic mass is 9.90. The van der Waals surface area contributed by atoms with E-state index < -0.39 is 12.1 Å². The van der Waals surface area contributed by atoms with E-state index in [9.17, 15) is 14.4 Å². The van der Waals surface area contributed by atoms with Crippen LogP contribution in [0, 0.1) is 5.92 Å². The maximum atomic E-state index is 14.2. The number of hydrogen-bond acceptors (Lipinski definition) is 8. The minimum Gasteiger partial charge on any atom is -0.453 e. The van der Waals surface area contributed by atoms with Crippen molar-refractivity contribution < 1.29 is 23.9 Å². The highest BCUT2D eigenvalue weighted by atomic mass is 16.5. The van der Waals surface area contributed by atoms with Crippen LogP contribution in [0.25, 0.3) is 33.6 Å². The minimum absolute atomic E-state index is 0.0187. The summed E-state index contributed by atoms with van der Waals surface area (Å²) in [4.78, 5) is 63.2. The topological polar surface area (TPSA) is 149 Å². The number of imidazole rings is 2. The molecule has 3 saturated heterocycles. The number of hydrogen-bond donors (Lipinski definition) is 3. The smallest absolute Gasteiger partial charge is 0.407 e. The van der Waals surface area contributed by atoms with Gasteiger partial charge in [-0.05, 0) is 85.3 Å². The number of methoxy groups -OCH3 is 1. The molecule has 0 radical (unpaired) electrons. The molecule has 0 unspecified atom stereocenters. The Morgan fingerprint density at radius 1 is 0.733 bits per heavy atom. The molecule has 0 bridgehead atoms. The maximum absolute atomic E-state index is 14.2. The monoisotopic (exact) mass is 812 g/mol. The second kappa shape index (κ2) is 18.6. The molecule has 5 aromatic rings. The number of H-pyrrole nitrogens is 2. The predicted molar refractivity (Wildman–Crippen MR) is 229 cm³/mol. The number of nitrogens with zero attached hydrogens (tertiary/aromatic N) is 5. The Balaban J connectivity index is 0.924. The van der Waals surface area contributed by atoms with Crippen molar-refractivity contribution in [1.82, 2.24) is 40.0 Å². The molecular weight excluding hydrogens is 757 g/mol. The summed E-state index contributed by atoms with van der Waals surface area (Å²) in [6, 6.07) is 25.6. The Bertz CT molecular complexity index is 2210. The third-order valence-electron chi connectivity index (χ3n) is 12.6. The molecule has 5 heterocycles. The van der Waals surface area contributed by atoms with Gasteiger partial charge in [-0.15, -0.1) is 0 Å². The second-order valence-corrected chi connectivity index (χ2v) is 16.0. The molecule has 60 heavy (non-hydrogen) atoms. The first-order chi connectivity index (χ1) is 29.4. The summed E-state index contributed by atoms with van der Waals surface area (Å²) in [5.41, 5.74) is 7.02. The summed E-state index contributed by atoms with van der Waals surface area (Å²) in [5, 5.41) is 2.82. The molecule has 3 N–H and O–H groups in total. The molecule has 3 amide bonds. The van der Waals surface area contributed by atoms with Crippen LogP contribution in [0.1, 0.15) is 87.7 Å². The van der Waals surface area contributed by atoms with Gasteiger partial charge in [0.05, 0.1) is 43.0 Å². The molecule has 4 atom stereocenters. The number of carbonyl (C=O) groups is 3. The number of benzene rings is 3. The molecule has 0 aliphatic carbocycles. The summed E-state index contributed by atoms with van der Waals surface area (Å²) >= 11 is 0. The van der Waals surface area contributed by atoms with Crippen molar-refractivity contribution in [3.05, 3.63) is 108 Å². The van der Waals surface area contributed by atoms with Crippen molar-refractivity contribution in [2.24, 2.45) is 5.92 Å². The van der Waals surface area contributed by atoms with Crippen molar-refractivity contribution in [1.29, 1.82) is 0 Å².